The first-order valence-electron chi connectivity index (χ1n) is 6.70. The standard InChI is InChI=1S/C14H19N3O4S/c1-5-17-10(2)12(9-15-17)16-22(18,19)14-7-6-11(20-3)8-13(14)21-4/h6-9,16H,5H2,1-4H3. The Hall–Kier alpha value is -2.22. The van der Waals surface area contributed by atoms with Crippen LogP contribution in [-0.4, -0.2) is 32.4 Å². The van der Waals surface area contributed by atoms with Gasteiger partial charge in [0.25, 0.3) is 10.0 Å². The van der Waals surface area contributed by atoms with Crippen LogP contribution in [0, 0.1) is 6.92 Å². The highest BCUT2D eigenvalue weighted by atomic mass is 32.2. The van der Waals surface area contributed by atoms with Crippen LogP contribution in [0.1, 0.15) is 12.6 Å². The third-order valence-corrected chi connectivity index (χ3v) is 4.71. The number of hydrogen-bond donors (Lipinski definition) is 1. The minimum atomic E-state index is -3.78. The van der Waals surface area contributed by atoms with E-state index >= 15 is 0 Å². The van der Waals surface area contributed by atoms with E-state index in [1.807, 2.05) is 6.92 Å². The molecule has 1 N–H and O–H groups in total. The number of sulfonamides is 1. The van der Waals surface area contributed by atoms with Gasteiger partial charge in [-0.3, -0.25) is 9.40 Å². The van der Waals surface area contributed by atoms with Gasteiger partial charge in [0.1, 0.15) is 16.4 Å². The van der Waals surface area contributed by atoms with Crippen molar-refractivity contribution < 1.29 is 17.9 Å². The number of ether oxygens (including phenoxy) is 2. The number of aryl methyl sites for hydroxylation is 1. The average Bonchev–Trinajstić information content (AvgIpc) is 2.86. The number of benzene rings is 1. The monoisotopic (exact) mass is 325 g/mol. The van der Waals surface area contributed by atoms with Gasteiger partial charge in [-0.05, 0) is 26.0 Å². The summed E-state index contributed by atoms with van der Waals surface area (Å²) in [7, 11) is -0.868. The van der Waals surface area contributed by atoms with Crippen LogP contribution in [0.4, 0.5) is 5.69 Å². The minimum absolute atomic E-state index is 0.0412. The summed E-state index contributed by atoms with van der Waals surface area (Å²) in [5.74, 6) is 0.734. The molecule has 0 amide bonds. The Morgan fingerprint density at radius 1 is 1.27 bits per heavy atom. The van der Waals surface area contributed by atoms with Crippen molar-refractivity contribution in [1.82, 2.24) is 9.78 Å². The van der Waals surface area contributed by atoms with E-state index in [-0.39, 0.29) is 10.6 Å². The molecule has 0 fully saturated rings. The first-order chi connectivity index (χ1) is 10.4. The zero-order valence-electron chi connectivity index (χ0n) is 13.0. The molecule has 0 radical (unpaired) electrons. The van der Waals surface area contributed by atoms with Crippen molar-refractivity contribution in [2.24, 2.45) is 0 Å². The predicted octanol–water partition coefficient (Wildman–Crippen LogP) is 2.03. The van der Waals surface area contributed by atoms with Crippen LogP contribution in [-0.2, 0) is 16.6 Å². The third kappa shape index (κ3) is 3.01. The molecule has 8 heteroatoms. The van der Waals surface area contributed by atoms with Crippen LogP contribution >= 0.6 is 0 Å². The number of aromatic nitrogens is 2. The summed E-state index contributed by atoms with van der Waals surface area (Å²) in [6.07, 6.45) is 1.49. The van der Waals surface area contributed by atoms with Crippen molar-refractivity contribution in [2.75, 3.05) is 18.9 Å². The maximum atomic E-state index is 12.6. The van der Waals surface area contributed by atoms with Crippen molar-refractivity contribution in [3.8, 4) is 11.5 Å². The molecule has 0 unspecified atom stereocenters. The fraction of sp³-hybridized carbons (Fsp3) is 0.357. The van der Waals surface area contributed by atoms with Gasteiger partial charge in [0.2, 0.25) is 0 Å². The molecular weight excluding hydrogens is 306 g/mol. The van der Waals surface area contributed by atoms with E-state index in [1.165, 1.54) is 32.5 Å². The lowest BCUT2D eigenvalue weighted by Gasteiger charge is -2.12. The summed E-state index contributed by atoms with van der Waals surface area (Å²) in [6.45, 7) is 4.41. The molecule has 0 saturated heterocycles. The molecule has 0 atom stereocenters. The molecule has 1 aromatic heterocycles. The number of anilines is 1. The van der Waals surface area contributed by atoms with Crippen molar-refractivity contribution in [3.05, 3.63) is 30.1 Å². The van der Waals surface area contributed by atoms with Gasteiger partial charge in [-0.2, -0.15) is 5.10 Å². The average molecular weight is 325 g/mol. The summed E-state index contributed by atoms with van der Waals surface area (Å²) in [5.41, 5.74) is 1.19. The molecule has 0 saturated carbocycles. The first-order valence-corrected chi connectivity index (χ1v) is 8.18. The molecule has 0 spiro atoms. The fourth-order valence-electron chi connectivity index (χ4n) is 2.06. The first kappa shape index (κ1) is 16.2. The Morgan fingerprint density at radius 2 is 2.00 bits per heavy atom. The Morgan fingerprint density at radius 3 is 2.55 bits per heavy atom. The molecule has 22 heavy (non-hydrogen) atoms. The van der Waals surface area contributed by atoms with Crippen LogP contribution in [0.3, 0.4) is 0 Å². The molecule has 7 nitrogen and oxygen atoms in total. The highest BCUT2D eigenvalue weighted by Gasteiger charge is 2.22. The molecule has 1 heterocycles. The number of hydrogen-bond acceptors (Lipinski definition) is 5. The van der Waals surface area contributed by atoms with Crippen LogP contribution in [0.25, 0.3) is 0 Å². The lowest BCUT2D eigenvalue weighted by atomic mass is 10.3. The molecule has 0 aliphatic rings. The Labute approximate surface area is 129 Å². The number of rotatable bonds is 6. The second-order valence-corrected chi connectivity index (χ2v) is 6.23. The van der Waals surface area contributed by atoms with E-state index in [4.69, 9.17) is 9.47 Å². The molecule has 1 aromatic carbocycles. The van der Waals surface area contributed by atoms with Crippen molar-refractivity contribution in [1.29, 1.82) is 0 Å². The number of methoxy groups -OCH3 is 2. The van der Waals surface area contributed by atoms with Crippen LogP contribution in [0.15, 0.2) is 29.3 Å². The third-order valence-electron chi connectivity index (χ3n) is 3.31. The molecule has 120 valence electrons. The van der Waals surface area contributed by atoms with Crippen molar-refractivity contribution >= 4 is 15.7 Å². The fourth-order valence-corrected chi connectivity index (χ4v) is 3.32. The van der Waals surface area contributed by atoms with Gasteiger partial charge in [0.15, 0.2) is 0 Å². The van der Waals surface area contributed by atoms with Crippen molar-refractivity contribution in [3.63, 3.8) is 0 Å². The van der Waals surface area contributed by atoms with Crippen LogP contribution in [0.2, 0.25) is 0 Å². The molecule has 0 aliphatic heterocycles. The second-order valence-electron chi connectivity index (χ2n) is 4.58. The van der Waals surface area contributed by atoms with E-state index in [1.54, 1.807) is 17.7 Å². The van der Waals surface area contributed by atoms with Gasteiger partial charge in [0, 0.05) is 12.6 Å². The lowest BCUT2D eigenvalue weighted by molar-refractivity contribution is 0.386. The van der Waals surface area contributed by atoms with E-state index in [0.717, 1.165) is 5.69 Å². The lowest BCUT2D eigenvalue weighted by Crippen LogP contribution is -2.14. The maximum absolute atomic E-state index is 12.6. The van der Waals surface area contributed by atoms with E-state index in [2.05, 4.69) is 9.82 Å². The van der Waals surface area contributed by atoms with Gasteiger partial charge in [-0.1, -0.05) is 0 Å². The molecular formula is C14H19N3O4S. The predicted molar refractivity (Wildman–Crippen MR) is 83.0 cm³/mol. The van der Waals surface area contributed by atoms with Crippen LogP contribution < -0.4 is 14.2 Å². The molecule has 0 bridgehead atoms. The normalized spacial score (nSPS) is 11.3. The Balaban J connectivity index is 2.40. The Kier molecular flexibility index (Phi) is 4.60. The summed E-state index contributed by atoms with van der Waals surface area (Å²) < 4.78 is 39.6. The van der Waals surface area contributed by atoms with Gasteiger partial charge in [-0.25, -0.2) is 8.42 Å². The summed E-state index contributed by atoms with van der Waals surface area (Å²) >= 11 is 0. The van der Waals surface area contributed by atoms with E-state index in [0.29, 0.717) is 18.0 Å². The Bertz CT molecular complexity index is 768. The van der Waals surface area contributed by atoms with Gasteiger partial charge < -0.3 is 9.47 Å². The highest BCUT2D eigenvalue weighted by molar-refractivity contribution is 7.92. The quantitative estimate of drug-likeness (QED) is 0.878. The molecule has 2 aromatic rings. The summed E-state index contributed by atoms with van der Waals surface area (Å²) in [5, 5.41) is 4.12. The smallest absolute Gasteiger partial charge is 0.265 e. The van der Waals surface area contributed by atoms with Crippen LogP contribution in [0.5, 0.6) is 11.5 Å². The van der Waals surface area contributed by atoms with Gasteiger partial charge >= 0.3 is 0 Å². The van der Waals surface area contributed by atoms with E-state index < -0.39 is 10.0 Å². The maximum Gasteiger partial charge on any atom is 0.265 e. The SMILES string of the molecule is CCn1ncc(NS(=O)(=O)c2ccc(OC)cc2OC)c1C. The zero-order valence-corrected chi connectivity index (χ0v) is 13.8. The number of nitrogens with zero attached hydrogens (tertiary/aromatic N) is 2. The second kappa shape index (κ2) is 6.27. The topological polar surface area (TPSA) is 82.5 Å². The minimum Gasteiger partial charge on any atom is -0.497 e. The summed E-state index contributed by atoms with van der Waals surface area (Å²) in [4.78, 5) is 0.0412. The largest absolute Gasteiger partial charge is 0.497 e. The highest BCUT2D eigenvalue weighted by Crippen LogP contribution is 2.30. The summed E-state index contributed by atoms with van der Waals surface area (Å²) in [6, 6.07) is 4.54. The van der Waals surface area contributed by atoms with Gasteiger partial charge in [-0.15, -0.1) is 0 Å². The van der Waals surface area contributed by atoms with E-state index in [9.17, 15) is 8.42 Å². The van der Waals surface area contributed by atoms with Gasteiger partial charge in [0.05, 0.1) is 31.8 Å². The molecule has 2 rings (SSSR count). The zero-order chi connectivity index (χ0) is 16.3. The molecule has 0 aliphatic carbocycles. The van der Waals surface area contributed by atoms with Crippen molar-refractivity contribution in [2.45, 2.75) is 25.3 Å². The number of nitrogens with one attached hydrogen (secondary N) is 1.